The highest BCUT2D eigenvalue weighted by Gasteiger charge is 2.17. The molecule has 0 unspecified atom stereocenters. The van der Waals surface area contributed by atoms with Gasteiger partial charge in [0.25, 0.3) is 0 Å². The Hall–Kier alpha value is -3.41. The van der Waals surface area contributed by atoms with Crippen molar-refractivity contribution in [3.8, 4) is 0 Å². The Kier molecular flexibility index (Phi) is 7.53. The van der Waals surface area contributed by atoms with Crippen LogP contribution in [-0.4, -0.2) is 30.6 Å². The molecule has 0 bridgehead atoms. The first-order valence-electron chi connectivity index (χ1n) is 9.58. The Morgan fingerprint density at radius 2 is 2.07 bits per heavy atom. The zero-order chi connectivity index (χ0) is 22.3. The smallest absolute Gasteiger partial charge is 0.412 e. The van der Waals surface area contributed by atoms with Crippen LogP contribution in [0.1, 0.15) is 38.8 Å². The van der Waals surface area contributed by atoms with E-state index in [0.29, 0.717) is 11.3 Å². The van der Waals surface area contributed by atoms with Gasteiger partial charge in [-0.25, -0.2) is 9.59 Å². The Morgan fingerprint density at radius 1 is 1.33 bits per heavy atom. The van der Waals surface area contributed by atoms with Crippen molar-refractivity contribution in [1.82, 2.24) is 0 Å². The monoisotopic (exact) mass is 409 g/mol. The molecule has 6 heteroatoms. The van der Waals surface area contributed by atoms with Crippen LogP contribution in [0.25, 0.3) is 5.57 Å². The highest BCUT2D eigenvalue weighted by molar-refractivity contribution is 5.88. The Morgan fingerprint density at radius 3 is 2.67 bits per heavy atom. The highest BCUT2D eigenvalue weighted by Crippen LogP contribution is 2.25. The second-order valence-corrected chi connectivity index (χ2v) is 7.82. The third-order valence-corrected chi connectivity index (χ3v) is 4.27. The standard InChI is InChI=1S/C24H27NO5/c1-6-17(7-8-20-15-29-22(27)13-16(20)2)18-9-10-21(19(14-18)11-12-26)25-23(28)30-24(3,4)5/h6-10,12-14H,1,11,15H2,2-5H3,(H,25,28)/b17-7+,20-8+. The number of esters is 1. The number of rotatable bonds is 6. The van der Waals surface area contributed by atoms with E-state index >= 15 is 0 Å². The number of hydrogen-bond acceptors (Lipinski definition) is 5. The van der Waals surface area contributed by atoms with Gasteiger partial charge in [-0.1, -0.05) is 30.9 Å². The number of anilines is 1. The van der Waals surface area contributed by atoms with E-state index in [1.807, 2.05) is 31.2 Å². The second kappa shape index (κ2) is 9.87. The fourth-order valence-electron chi connectivity index (χ4n) is 2.79. The summed E-state index contributed by atoms with van der Waals surface area (Å²) in [5, 5.41) is 2.70. The van der Waals surface area contributed by atoms with E-state index in [9.17, 15) is 14.4 Å². The molecule has 0 aromatic heterocycles. The molecule has 0 saturated heterocycles. The second-order valence-electron chi connectivity index (χ2n) is 7.82. The van der Waals surface area contributed by atoms with Crippen LogP contribution in [0, 0.1) is 0 Å². The first-order valence-corrected chi connectivity index (χ1v) is 9.58. The summed E-state index contributed by atoms with van der Waals surface area (Å²) in [5.74, 6) is -0.343. The number of carbonyl (C=O) groups excluding carboxylic acids is 3. The minimum atomic E-state index is -0.624. The lowest BCUT2D eigenvalue weighted by molar-refractivity contribution is -0.137. The first-order chi connectivity index (χ1) is 14.1. The summed E-state index contributed by atoms with van der Waals surface area (Å²) < 4.78 is 10.3. The van der Waals surface area contributed by atoms with Gasteiger partial charge in [-0.2, -0.15) is 0 Å². The van der Waals surface area contributed by atoms with Crippen molar-refractivity contribution in [1.29, 1.82) is 0 Å². The van der Waals surface area contributed by atoms with E-state index in [-0.39, 0.29) is 19.0 Å². The van der Waals surface area contributed by atoms with Crippen molar-refractivity contribution in [3.63, 3.8) is 0 Å². The molecule has 1 aromatic carbocycles. The molecule has 0 spiro atoms. The number of cyclic esters (lactones) is 1. The van der Waals surface area contributed by atoms with Crippen LogP contribution in [0.4, 0.5) is 10.5 Å². The van der Waals surface area contributed by atoms with Crippen LogP contribution in [0.2, 0.25) is 0 Å². The van der Waals surface area contributed by atoms with E-state index in [2.05, 4.69) is 11.9 Å². The van der Waals surface area contributed by atoms with Crippen molar-refractivity contribution in [2.75, 3.05) is 11.9 Å². The van der Waals surface area contributed by atoms with Crippen molar-refractivity contribution in [2.45, 2.75) is 39.7 Å². The van der Waals surface area contributed by atoms with Crippen molar-refractivity contribution < 1.29 is 23.9 Å². The summed E-state index contributed by atoms with van der Waals surface area (Å²) in [6, 6.07) is 5.39. The summed E-state index contributed by atoms with van der Waals surface area (Å²) in [6.45, 7) is 11.3. The molecular weight excluding hydrogens is 382 g/mol. The summed E-state index contributed by atoms with van der Waals surface area (Å²) in [4.78, 5) is 34.5. The van der Waals surface area contributed by atoms with E-state index in [4.69, 9.17) is 9.47 Å². The molecule has 1 aliphatic rings. The number of nitrogens with one attached hydrogen (secondary N) is 1. The molecule has 2 rings (SSSR count). The van der Waals surface area contributed by atoms with Gasteiger partial charge in [-0.15, -0.1) is 0 Å². The van der Waals surface area contributed by atoms with E-state index < -0.39 is 11.7 Å². The fourth-order valence-corrected chi connectivity index (χ4v) is 2.79. The topological polar surface area (TPSA) is 81.7 Å². The summed E-state index contributed by atoms with van der Waals surface area (Å²) in [5.41, 5.74) is 3.96. The zero-order valence-electron chi connectivity index (χ0n) is 17.8. The van der Waals surface area contributed by atoms with Gasteiger partial charge in [0.15, 0.2) is 0 Å². The highest BCUT2D eigenvalue weighted by atomic mass is 16.6. The Balaban J connectivity index is 2.31. The molecule has 1 aromatic rings. The Bertz CT molecular complexity index is 945. The van der Waals surface area contributed by atoms with Gasteiger partial charge in [0.2, 0.25) is 0 Å². The van der Waals surface area contributed by atoms with E-state index in [1.54, 1.807) is 32.9 Å². The summed E-state index contributed by atoms with van der Waals surface area (Å²) in [6.07, 6.45) is 7.25. The molecule has 0 saturated carbocycles. The molecular formula is C24H27NO5. The van der Waals surface area contributed by atoms with Gasteiger partial charge in [-0.3, -0.25) is 5.32 Å². The van der Waals surface area contributed by atoms with Gasteiger partial charge in [0.05, 0.1) is 0 Å². The summed E-state index contributed by atoms with van der Waals surface area (Å²) in [7, 11) is 0. The molecule has 0 fully saturated rings. The van der Waals surface area contributed by atoms with Crippen molar-refractivity contribution in [2.24, 2.45) is 0 Å². The van der Waals surface area contributed by atoms with Gasteiger partial charge >= 0.3 is 12.1 Å². The minimum Gasteiger partial charge on any atom is -0.458 e. The molecule has 0 aliphatic carbocycles. The maximum atomic E-state index is 12.1. The molecule has 30 heavy (non-hydrogen) atoms. The number of amides is 1. The molecule has 6 nitrogen and oxygen atoms in total. The number of ether oxygens (including phenoxy) is 2. The largest absolute Gasteiger partial charge is 0.458 e. The van der Waals surface area contributed by atoms with Crippen LogP contribution in [0.5, 0.6) is 0 Å². The quantitative estimate of drug-likeness (QED) is 0.416. The average molecular weight is 409 g/mol. The van der Waals surface area contributed by atoms with Gasteiger partial charge < -0.3 is 14.3 Å². The van der Waals surface area contributed by atoms with Gasteiger partial charge in [-0.05, 0) is 67.7 Å². The normalized spacial score (nSPS) is 15.9. The average Bonchev–Trinajstić information content (AvgIpc) is 2.64. The third kappa shape index (κ3) is 6.58. The number of aldehydes is 1. The third-order valence-electron chi connectivity index (χ3n) is 4.27. The number of benzene rings is 1. The van der Waals surface area contributed by atoms with Crippen molar-refractivity contribution in [3.05, 3.63) is 71.4 Å². The predicted octanol–water partition coefficient (Wildman–Crippen LogP) is 4.77. The molecule has 0 atom stereocenters. The van der Waals surface area contributed by atoms with Crippen LogP contribution >= 0.6 is 0 Å². The lowest BCUT2D eigenvalue weighted by atomic mass is 9.98. The molecule has 1 N–H and O–H groups in total. The van der Waals surface area contributed by atoms with Crippen molar-refractivity contribution >= 4 is 29.6 Å². The fraction of sp³-hybridized carbons (Fsp3) is 0.292. The first kappa shape index (κ1) is 22.9. The van der Waals surface area contributed by atoms with Crippen LogP contribution in [-0.2, 0) is 25.5 Å². The SMILES string of the molecule is C=C/C(=C\C=C1/COC(=O)C=C1C)c1ccc(NC(=O)OC(C)(C)C)c(CC=O)c1. The molecule has 0 radical (unpaired) electrons. The van der Waals surface area contributed by atoms with Crippen LogP contribution in [0.3, 0.4) is 0 Å². The summed E-state index contributed by atoms with van der Waals surface area (Å²) >= 11 is 0. The number of hydrogen-bond donors (Lipinski definition) is 1. The molecule has 158 valence electrons. The van der Waals surface area contributed by atoms with Crippen LogP contribution < -0.4 is 5.32 Å². The van der Waals surface area contributed by atoms with Gasteiger partial charge in [0, 0.05) is 18.2 Å². The molecule has 1 heterocycles. The minimum absolute atomic E-state index is 0.141. The lowest BCUT2D eigenvalue weighted by Gasteiger charge is -2.20. The van der Waals surface area contributed by atoms with E-state index in [1.165, 1.54) is 6.08 Å². The zero-order valence-corrected chi connectivity index (χ0v) is 17.8. The predicted molar refractivity (Wildman–Crippen MR) is 117 cm³/mol. The Labute approximate surface area is 176 Å². The molecule has 1 amide bonds. The maximum Gasteiger partial charge on any atom is 0.412 e. The van der Waals surface area contributed by atoms with Crippen LogP contribution in [0.15, 0.2) is 60.2 Å². The maximum absolute atomic E-state index is 12.1. The number of allylic oxidation sites excluding steroid dienone is 4. The lowest BCUT2D eigenvalue weighted by Crippen LogP contribution is -2.27. The molecule has 1 aliphatic heterocycles. The van der Waals surface area contributed by atoms with Gasteiger partial charge in [0.1, 0.15) is 18.5 Å². The van der Waals surface area contributed by atoms with E-state index in [0.717, 1.165) is 28.6 Å². The number of carbonyl (C=O) groups is 3.